The van der Waals surface area contributed by atoms with Crippen molar-refractivity contribution in [1.82, 2.24) is 15.5 Å². The summed E-state index contributed by atoms with van der Waals surface area (Å²) in [6, 6.07) is 0.514. The third kappa shape index (κ3) is 1.58. The number of likely N-dealkylation sites (N-methyl/N-ethyl adjacent to an activating group) is 1. The number of hydrogen-bond donors (Lipinski definition) is 1. The van der Waals surface area contributed by atoms with E-state index >= 15 is 0 Å². The summed E-state index contributed by atoms with van der Waals surface area (Å²) in [7, 11) is 1.99. The monoisotopic (exact) mass is 181 g/mol. The quantitative estimate of drug-likeness (QED) is 0.745. The topological polar surface area (TPSA) is 51.0 Å². The van der Waals surface area contributed by atoms with Gasteiger partial charge in [0.15, 0.2) is 5.82 Å². The lowest BCUT2D eigenvalue weighted by Crippen LogP contribution is -2.27. The first kappa shape index (κ1) is 8.69. The van der Waals surface area contributed by atoms with Gasteiger partial charge in [0.2, 0.25) is 5.89 Å². The number of hydrogen-bond acceptors (Lipinski definition) is 4. The average molecular weight is 181 g/mol. The fourth-order valence-corrected chi connectivity index (χ4v) is 2.06. The third-order valence-corrected chi connectivity index (χ3v) is 2.75. The predicted octanol–water partition coefficient (Wildman–Crippen LogP) is 1.23. The standard InChI is InChI=1S/C9H15N3O/c1-6-11-9(13-12-6)7-4-3-5-8(7)10-2/h7-8,10H,3-5H2,1-2H3. The van der Waals surface area contributed by atoms with Crippen LogP contribution in [0.3, 0.4) is 0 Å². The molecule has 1 aliphatic rings. The molecule has 1 heterocycles. The van der Waals surface area contributed by atoms with Gasteiger partial charge in [-0.1, -0.05) is 11.6 Å². The van der Waals surface area contributed by atoms with E-state index in [1.165, 1.54) is 12.8 Å². The maximum absolute atomic E-state index is 5.18. The first-order valence-corrected chi connectivity index (χ1v) is 4.78. The van der Waals surface area contributed by atoms with Crippen molar-refractivity contribution in [3.05, 3.63) is 11.7 Å². The lowest BCUT2D eigenvalue weighted by atomic mass is 10.0. The van der Waals surface area contributed by atoms with Crippen molar-refractivity contribution in [3.63, 3.8) is 0 Å². The fraction of sp³-hybridized carbons (Fsp3) is 0.778. The van der Waals surface area contributed by atoms with Gasteiger partial charge in [0, 0.05) is 6.04 Å². The Balaban J connectivity index is 2.15. The first-order chi connectivity index (χ1) is 6.31. The molecule has 13 heavy (non-hydrogen) atoms. The second kappa shape index (κ2) is 3.46. The van der Waals surface area contributed by atoms with Crippen LogP contribution in [0.2, 0.25) is 0 Å². The van der Waals surface area contributed by atoms with Crippen LogP contribution in [0.4, 0.5) is 0 Å². The molecular weight excluding hydrogens is 166 g/mol. The molecule has 1 fully saturated rings. The van der Waals surface area contributed by atoms with Crippen LogP contribution in [-0.2, 0) is 0 Å². The van der Waals surface area contributed by atoms with Crippen LogP contribution in [-0.4, -0.2) is 23.2 Å². The molecule has 0 saturated heterocycles. The second-order valence-corrected chi connectivity index (χ2v) is 3.61. The summed E-state index contributed by atoms with van der Waals surface area (Å²) in [6.07, 6.45) is 3.62. The Labute approximate surface area is 77.7 Å². The summed E-state index contributed by atoms with van der Waals surface area (Å²) in [6.45, 7) is 1.86. The van der Waals surface area contributed by atoms with Crippen LogP contribution >= 0.6 is 0 Å². The molecule has 1 N–H and O–H groups in total. The predicted molar refractivity (Wildman–Crippen MR) is 48.5 cm³/mol. The van der Waals surface area contributed by atoms with Crippen molar-refractivity contribution >= 4 is 0 Å². The minimum absolute atomic E-state index is 0.422. The molecule has 0 spiro atoms. The molecule has 2 rings (SSSR count). The molecule has 72 valence electrons. The molecule has 4 nitrogen and oxygen atoms in total. The molecule has 4 heteroatoms. The molecule has 0 radical (unpaired) electrons. The zero-order valence-corrected chi connectivity index (χ0v) is 8.08. The van der Waals surface area contributed by atoms with E-state index in [9.17, 15) is 0 Å². The van der Waals surface area contributed by atoms with E-state index in [0.717, 1.165) is 18.1 Å². The first-order valence-electron chi connectivity index (χ1n) is 4.78. The molecule has 1 aromatic rings. The Morgan fingerprint density at radius 2 is 2.31 bits per heavy atom. The van der Waals surface area contributed by atoms with Crippen molar-refractivity contribution in [1.29, 1.82) is 0 Å². The number of aromatic nitrogens is 2. The largest absolute Gasteiger partial charge is 0.339 e. The van der Waals surface area contributed by atoms with Crippen molar-refractivity contribution in [2.75, 3.05) is 7.05 Å². The van der Waals surface area contributed by atoms with Gasteiger partial charge in [-0.2, -0.15) is 4.98 Å². The van der Waals surface area contributed by atoms with Gasteiger partial charge in [-0.3, -0.25) is 0 Å². The van der Waals surface area contributed by atoms with Crippen molar-refractivity contribution in [3.8, 4) is 0 Å². The van der Waals surface area contributed by atoms with Crippen molar-refractivity contribution in [2.45, 2.75) is 38.1 Å². The van der Waals surface area contributed by atoms with E-state index in [-0.39, 0.29) is 0 Å². The van der Waals surface area contributed by atoms with E-state index < -0.39 is 0 Å². The Morgan fingerprint density at radius 3 is 2.92 bits per heavy atom. The number of rotatable bonds is 2. The van der Waals surface area contributed by atoms with Crippen LogP contribution in [0.1, 0.15) is 36.9 Å². The number of aryl methyl sites for hydroxylation is 1. The van der Waals surface area contributed by atoms with Crippen LogP contribution in [0.5, 0.6) is 0 Å². The highest BCUT2D eigenvalue weighted by molar-refractivity contribution is 5.01. The Bertz CT molecular complexity index is 284. The fourth-order valence-electron chi connectivity index (χ4n) is 2.06. The number of nitrogens with zero attached hydrogens (tertiary/aromatic N) is 2. The Hall–Kier alpha value is -0.900. The van der Waals surface area contributed by atoms with Crippen molar-refractivity contribution in [2.24, 2.45) is 0 Å². The van der Waals surface area contributed by atoms with Crippen molar-refractivity contribution < 1.29 is 4.52 Å². The molecular formula is C9H15N3O. The Kier molecular flexibility index (Phi) is 2.31. The van der Waals surface area contributed by atoms with E-state index in [2.05, 4.69) is 15.5 Å². The molecule has 0 amide bonds. The smallest absolute Gasteiger partial charge is 0.231 e. The SMILES string of the molecule is CNC1CCCC1c1nc(C)no1. The van der Waals surface area contributed by atoms with E-state index in [4.69, 9.17) is 4.52 Å². The molecule has 1 aliphatic carbocycles. The normalized spacial score (nSPS) is 28.2. The van der Waals surface area contributed by atoms with E-state index in [0.29, 0.717) is 12.0 Å². The minimum atomic E-state index is 0.422. The zero-order valence-electron chi connectivity index (χ0n) is 8.08. The number of nitrogens with one attached hydrogen (secondary N) is 1. The lowest BCUT2D eigenvalue weighted by molar-refractivity contribution is 0.333. The molecule has 0 aromatic carbocycles. The molecule has 0 aliphatic heterocycles. The molecule has 1 aromatic heterocycles. The van der Waals surface area contributed by atoms with Gasteiger partial charge in [-0.25, -0.2) is 0 Å². The van der Waals surface area contributed by atoms with Crippen LogP contribution in [0.15, 0.2) is 4.52 Å². The highest BCUT2D eigenvalue weighted by Gasteiger charge is 2.31. The molecule has 2 atom stereocenters. The maximum Gasteiger partial charge on any atom is 0.231 e. The van der Waals surface area contributed by atoms with Gasteiger partial charge < -0.3 is 9.84 Å². The summed E-state index contributed by atoms with van der Waals surface area (Å²) in [5, 5.41) is 7.11. The molecule has 2 unspecified atom stereocenters. The highest BCUT2D eigenvalue weighted by Crippen LogP contribution is 2.33. The van der Waals surface area contributed by atoms with Gasteiger partial charge in [0.25, 0.3) is 0 Å². The highest BCUT2D eigenvalue weighted by atomic mass is 16.5. The third-order valence-electron chi connectivity index (χ3n) is 2.75. The summed E-state index contributed by atoms with van der Waals surface area (Å²) in [5.74, 6) is 1.96. The van der Waals surface area contributed by atoms with Gasteiger partial charge in [-0.15, -0.1) is 0 Å². The summed E-state index contributed by atoms with van der Waals surface area (Å²) in [5.41, 5.74) is 0. The van der Waals surface area contributed by atoms with Crippen LogP contribution in [0.25, 0.3) is 0 Å². The van der Waals surface area contributed by atoms with E-state index in [1.54, 1.807) is 0 Å². The van der Waals surface area contributed by atoms with Gasteiger partial charge in [0.05, 0.1) is 5.92 Å². The Morgan fingerprint density at radius 1 is 1.46 bits per heavy atom. The second-order valence-electron chi connectivity index (χ2n) is 3.61. The average Bonchev–Trinajstić information content (AvgIpc) is 2.71. The van der Waals surface area contributed by atoms with Gasteiger partial charge >= 0.3 is 0 Å². The van der Waals surface area contributed by atoms with Crippen LogP contribution < -0.4 is 5.32 Å². The van der Waals surface area contributed by atoms with E-state index in [1.807, 2.05) is 14.0 Å². The lowest BCUT2D eigenvalue weighted by Gasteiger charge is -2.14. The maximum atomic E-state index is 5.18. The minimum Gasteiger partial charge on any atom is -0.339 e. The molecule has 1 saturated carbocycles. The van der Waals surface area contributed by atoms with Crippen LogP contribution in [0, 0.1) is 6.92 Å². The van der Waals surface area contributed by atoms with Gasteiger partial charge in [0.1, 0.15) is 0 Å². The molecule has 0 bridgehead atoms. The summed E-state index contributed by atoms with van der Waals surface area (Å²) in [4.78, 5) is 4.27. The van der Waals surface area contributed by atoms with Gasteiger partial charge in [-0.05, 0) is 26.8 Å². The zero-order chi connectivity index (χ0) is 9.26. The summed E-state index contributed by atoms with van der Waals surface area (Å²) < 4.78 is 5.18. The summed E-state index contributed by atoms with van der Waals surface area (Å²) >= 11 is 0.